The second-order valence-electron chi connectivity index (χ2n) is 7.79. The number of aromatic carboxylic acids is 1. The van der Waals surface area contributed by atoms with Crippen LogP contribution in [0.2, 0.25) is 0 Å². The minimum Gasteiger partial charge on any atom is -0.478 e. The average molecular weight is 371 g/mol. The number of carbonyl (C=O) groups excluding carboxylic acids is 1. The molecule has 144 valence electrons. The van der Waals surface area contributed by atoms with Gasteiger partial charge < -0.3 is 19.7 Å². The van der Waals surface area contributed by atoms with Crippen molar-refractivity contribution in [3.8, 4) is 11.3 Å². The van der Waals surface area contributed by atoms with E-state index in [0.29, 0.717) is 25.9 Å². The Bertz CT molecular complexity index is 815. The quantitative estimate of drug-likeness (QED) is 0.853. The number of rotatable bonds is 3. The predicted octanol–water partition coefficient (Wildman–Crippen LogP) is 3.89. The van der Waals surface area contributed by atoms with E-state index in [9.17, 15) is 14.7 Å². The Labute approximate surface area is 158 Å². The second kappa shape index (κ2) is 7.42. The van der Waals surface area contributed by atoms with Gasteiger partial charge in [0.2, 0.25) is 0 Å². The smallest absolute Gasteiger partial charge is 0.410 e. The van der Waals surface area contributed by atoms with Crippen molar-refractivity contribution >= 4 is 12.1 Å². The molecule has 1 fully saturated rings. The molecular formula is C20H25N3O4. The highest BCUT2D eigenvalue weighted by molar-refractivity contribution is 5.91. The number of carbonyl (C=O) groups is 2. The van der Waals surface area contributed by atoms with Gasteiger partial charge in [-0.25, -0.2) is 9.59 Å². The van der Waals surface area contributed by atoms with Crippen LogP contribution in [0.25, 0.3) is 11.3 Å². The van der Waals surface area contributed by atoms with E-state index in [-0.39, 0.29) is 17.6 Å². The van der Waals surface area contributed by atoms with Gasteiger partial charge in [0, 0.05) is 48.4 Å². The number of hydrogen-bond acceptors (Lipinski definition) is 4. The van der Waals surface area contributed by atoms with Crippen LogP contribution in [0.15, 0.2) is 30.6 Å². The summed E-state index contributed by atoms with van der Waals surface area (Å²) in [6.07, 6.45) is 4.42. The van der Waals surface area contributed by atoms with Gasteiger partial charge in [0.25, 0.3) is 0 Å². The predicted molar refractivity (Wildman–Crippen MR) is 101 cm³/mol. The number of likely N-dealkylation sites (tertiary alicyclic amines) is 1. The Morgan fingerprint density at radius 1 is 1.22 bits per heavy atom. The van der Waals surface area contributed by atoms with Crippen LogP contribution in [-0.2, 0) is 4.74 Å². The van der Waals surface area contributed by atoms with Crippen LogP contribution in [0.1, 0.15) is 55.6 Å². The van der Waals surface area contributed by atoms with E-state index in [4.69, 9.17) is 4.74 Å². The third-order valence-electron chi connectivity index (χ3n) is 4.62. The average Bonchev–Trinajstić information content (AvgIpc) is 3.07. The monoisotopic (exact) mass is 371 g/mol. The molecule has 27 heavy (non-hydrogen) atoms. The maximum Gasteiger partial charge on any atom is 0.410 e. The molecule has 0 aliphatic carbocycles. The Kier molecular flexibility index (Phi) is 5.21. The number of hydrogen-bond donors (Lipinski definition) is 2. The number of ether oxygens (including phenoxy) is 1. The number of H-pyrrole nitrogens is 1. The van der Waals surface area contributed by atoms with E-state index in [1.54, 1.807) is 23.4 Å². The molecule has 0 radical (unpaired) electrons. The summed E-state index contributed by atoms with van der Waals surface area (Å²) in [6, 6.07) is 5.35. The lowest BCUT2D eigenvalue weighted by Gasteiger charge is -2.33. The van der Waals surface area contributed by atoms with Crippen LogP contribution in [-0.4, -0.2) is 50.7 Å². The molecule has 2 N–H and O–H groups in total. The maximum absolute atomic E-state index is 12.2. The van der Waals surface area contributed by atoms with E-state index in [0.717, 1.165) is 17.0 Å². The Hall–Kier alpha value is -2.83. The fraction of sp³-hybridized carbons (Fsp3) is 0.450. The number of nitrogens with one attached hydrogen (secondary N) is 1. The van der Waals surface area contributed by atoms with Crippen LogP contribution >= 0.6 is 0 Å². The summed E-state index contributed by atoms with van der Waals surface area (Å²) in [6.45, 7) is 6.62. The summed E-state index contributed by atoms with van der Waals surface area (Å²) < 4.78 is 5.42. The molecular weight excluding hydrogens is 346 g/mol. The third kappa shape index (κ3) is 4.48. The van der Waals surface area contributed by atoms with Crippen LogP contribution in [0.3, 0.4) is 0 Å². The zero-order valence-electron chi connectivity index (χ0n) is 15.9. The van der Waals surface area contributed by atoms with E-state index >= 15 is 0 Å². The molecule has 0 unspecified atom stereocenters. The number of pyridine rings is 1. The largest absolute Gasteiger partial charge is 0.478 e. The lowest BCUT2D eigenvalue weighted by atomic mass is 9.91. The molecule has 0 spiro atoms. The summed E-state index contributed by atoms with van der Waals surface area (Å²) >= 11 is 0. The van der Waals surface area contributed by atoms with Gasteiger partial charge in [-0.3, -0.25) is 4.98 Å². The number of nitrogens with zero attached hydrogens (tertiary/aromatic N) is 2. The van der Waals surface area contributed by atoms with Gasteiger partial charge in [0.15, 0.2) is 0 Å². The minimum atomic E-state index is -0.948. The normalized spacial score (nSPS) is 15.6. The van der Waals surface area contributed by atoms with Crippen molar-refractivity contribution in [2.24, 2.45) is 0 Å². The van der Waals surface area contributed by atoms with Crippen molar-refractivity contribution in [1.29, 1.82) is 0 Å². The van der Waals surface area contributed by atoms with E-state index in [2.05, 4.69) is 9.97 Å². The lowest BCUT2D eigenvalue weighted by molar-refractivity contribution is 0.0203. The van der Waals surface area contributed by atoms with Gasteiger partial charge in [-0.05, 0) is 51.8 Å². The Morgan fingerprint density at radius 3 is 2.41 bits per heavy atom. The van der Waals surface area contributed by atoms with Crippen LogP contribution < -0.4 is 0 Å². The Balaban J connectivity index is 1.75. The molecule has 7 nitrogen and oxygen atoms in total. The highest BCUT2D eigenvalue weighted by Gasteiger charge is 2.30. The maximum atomic E-state index is 12.2. The summed E-state index contributed by atoms with van der Waals surface area (Å²) in [5, 5.41) is 9.61. The van der Waals surface area contributed by atoms with Crippen molar-refractivity contribution < 1.29 is 19.4 Å². The molecule has 2 aromatic heterocycles. The molecule has 7 heteroatoms. The van der Waals surface area contributed by atoms with Gasteiger partial charge in [-0.1, -0.05) is 0 Å². The molecule has 1 aliphatic rings. The Morgan fingerprint density at radius 2 is 1.85 bits per heavy atom. The van der Waals surface area contributed by atoms with Crippen molar-refractivity contribution in [2.75, 3.05) is 13.1 Å². The highest BCUT2D eigenvalue weighted by atomic mass is 16.6. The summed E-state index contributed by atoms with van der Waals surface area (Å²) in [5.41, 5.74) is 2.14. The first kappa shape index (κ1) is 18.9. The number of carboxylic acid groups (broad SMARTS) is 1. The van der Waals surface area contributed by atoms with Crippen molar-refractivity contribution in [1.82, 2.24) is 14.9 Å². The van der Waals surface area contributed by atoms with E-state index < -0.39 is 11.6 Å². The molecule has 0 saturated carbocycles. The van der Waals surface area contributed by atoms with E-state index in [1.807, 2.05) is 32.9 Å². The third-order valence-corrected chi connectivity index (χ3v) is 4.62. The highest BCUT2D eigenvalue weighted by Crippen LogP contribution is 2.33. The second-order valence-corrected chi connectivity index (χ2v) is 7.79. The summed E-state index contributed by atoms with van der Waals surface area (Å²) in [7, 11) is 0. The molecule has 0 aromatic carbocycles. The van der Waals surface area contributed by atoms with Gasteiger partial charge in [0.1, 0.15) is 5.60 Å². The molecule has 1 amide bonds. The molecule has 1 saturated heterocycles. The van der Waals surface area contributed by atoms with E-state index in [1.165, 1.54) is 0 Å². The van der Waals surface area contributed by atoms with Crippen molar-refractivity contribution in [3.05, 3.63) is 41.9 Å². The zero-order valence-corrected chi connectivity index (χ0v) is 15.9. The van der Waals surface area contributed by atoms with Crippen LogP contribution in [0, 0.1) is 0 Å². The van der Waals surface area contributed by atoms with Crippen LogP contribution in [0.4, 0.5) is 4.79 Å². The number of carboxylic acids is 1. The van der Waals surface area contributed by atoms with Crippen molar-refractivity contribution in [2.45, 2.75) is 45.1 Å². The lowest BCUT2D eigenvalue weighted by Crippen LogP contribution is -2.41. The minimum absolute atomic E-state index is 0.0605. The first-order chi connectivity index (χ1) is 12.7. The van der Waals surface area contributed by atoms with Crippen molar-refractivity contribution in [3.63, 3.8) is 0 Å². The zero-order chi connectivity index (χ0) is 19.6. The van der Waals surface area contributed by atoms with Gasteiger partial charge in [0.05, 0.1) is 5.56 Å². The van der Waals surface area contributed by atoms with Crippen LogP contribution in [0.5, 0.6) is 0 Å². The standard InChI is InChI=1S/C20H25N3O4/c1-20(2,3)27-19(26)23-10-6-14(7-11-23)17-15(18(24)25)12-16(22-17)13-4-8-21-9-5-13/h4-5,8-9,12,14,22H,6-7,10-11H2,1-3H3,(H,24,25). The van der Waals surface area contributed by atoms with Gasteiger partial charge in [-0.15, -0.1) is 0 Å². The molecule has 0 bridgehead atoms. The first-order valence-electron chi connectivity index (χ1n) is 9.09. The van der Waals surface area contributed by atoms with Gasteiger partial charge in [-0.2, -0.15) is 0 Å². The van der Waals surface area contributed by atoms with Gasteiger partial charge >= 0.3 is 12.1 Å². The number of piperidine rings is 1. The summed E-state index contributed by atoms with van der Waals surface area (Å²) in [4.78, 5) is 32.9. The molecule has 3 heterocycles. The summed E-state index contributed by atoms with van der Waals surface area (Å²) in [5.74, 6) is -0.887. The number of aromatic nitrogens is 2. The SMILES string of the molecule is CC(C)(C)OC(=O)N1CCC(c2[nH]c(-c3ccncc3)cc2C(=O)O)CC1. The topological polar surface area (TPSA) is 95.5 Å². The molecule has 0 atom stereocenters. The first-order valence-corrected chi connectivity index (χ1v) is 9.09. The number of aromatic amines is 1. The molecule has 1 aliphatic heterocycles. The molecule has 2 aromatic rings. The molecule has 3 rings (SSSR count). The fourth-order valence-electron chi connectivity index (χ4n) is 3.33. The number of amides is 1. The fourth-order valence-corrected chi connectivity index (χ4v) is 3.33.